The molecule has 146 valence electrons. The van der Waals surface area contributed by atoms with Crippen LogP contribution in [0, 0.1) is 0 Å². The topological polar surface area (TPSA) is 79.5 Å². The van der Waals surface area contributed by atoms with Crippen molar-refractivity contribution in [3.05, 3.63) is 39.6 Å². The monoisotopic (exact) mass is 390 g/mol. The Bertz CT molecular complexity index is 766. The summed E-state index contributed by atoms with van der Waals surface area (Å²) in [7, 11) is 1.63. The van der Waals surface area contributed by atoms with Gasteiger partial charge in [0, 0.05) is 44.0 Å². The van der Waals surface area contributed by atoms with Gasteiger partial charge in [-0.2, -0.15) is 0 Å². The summed E-state index contributed by atoms with van der Waals surface area (Å²) >= 11 is 1.60. The zero-order chi connectivity index (χ0) is 18.7. The van der Waals surface area contributed by atoms with Crippen LogP contribution >= 0.6 is 11.3 Å². The van der Waals surface area contributed by atoms with Crippen LogP contribution in [0.5, 0.6) is 0 Å². The van der Waals surface area contributed by atoms with Crippen molar-refractivity contribution in [2.75, 3.05) is 40.0 Å². The largest absolute Gasteiger partial charge is 0.383 e. The average Bonchev–Trinajstić information content (AvgIpc) is 3.34. The van der Waals surface area contributed by atoms with Crippen LogP contribution in [0.3, 0.4) is 0 Å². The van der Waals surface area contributed by atoms with Gasteiger partial charge in [-0.05, 0) is 30.9 Å². The molecule has 1 spiro atoms. The summed E-state index contributed by atoms with van der Waals surface area (Å²) < 4.78 is 11.3. The van der Waals surface area contributed by atoms with Gasteiger partial charge in [-0.1, -0.05) is 0 Å². The number of fused-ring (bicyclic) bond motifs is 2. The van der Waals surface area contributed by atoms with Crippen molar-refractivity contribution in [3.63, 3.8) is 0 Å². The summed E-state index contributed by atoms with van der Waals surface area (Å²) in [5, 5.41) is 2.92. The van der Waals surface area contributed by atoms with E-state index in [1.54, 1.807) is 24.6 Å². The van der Waals surface area contributed by atoms with Crippen molar-refractivity contribution in [2.45, 2.75) is 31.4 Å². The molecule has 0 aromatic carbocycles. The van der Waals surface area contributed by atoms with E-state index in [0.29, 0.717) is 13.2 Å². The maximum atomic E-state index is 12.4. The molecule has 2 N–H and O–H groups in total. The van der Waals surface area contributed by atoms with Gasteiger partial charge in [0.05, 0.1) is 24.6 Å². The summed E-state index contributed by atoms with van der Waals surface area (Å²) in [5.74, 6) is 0.985. The third kappa shape index (κ3) is 3.94. The Morgan fingerprint density at radius 1 is 1.48 bits per heavy atom. The Morgan fingerprint density at radius 3 is 3.07 bits per heavy atom. The Kier molecular flexibility index (Phi) is 5.58. The molecule has 0 atom stereocenters. The van der Waals surface area contributed by atoms with Gasteiger partial charge in [0.25, 0.3) is 5.91 Å². The molecule has 7 nitrogen and oxygen atoms in total. The Labute approximate surface area is 163 Å². The summed E-state index contributed by atoms with van der Waals surface area (Å²) in [6, 6.07) is 2.06. The fourth-order valence-corrected chi connectivity index (χ4v) is 5.25. The number of nitrogens with zero attached hydrogens (tertiary/aromatic N) is 2. The molecule has 0 radical (unpaired) electrons. The van der Waals surface area contributed by atoms with E-state index in [2.05, 4.69) is 26.3 Å². The molecule has 2 aliphatic rings. The number of aromatic nitrogens is 2. The van der Waals surface area contributed by atoms with E-state index in [4.69, 9.17) is 9.47 Å². The summed E-state index contributed by atoms with van der Waals surface area (Å²) in [6.45, 7) is 4.55. The predicted octanol–water partition coefficient (Wildman–Crippen LogP) is 1.91. The first kappa shape index (κ1) is 18.6. The molecule has 27 heavy (non-hydrogen) atoms. The second-order valence-electron chi connectivity index (χ2n) is 7.12. The molecule has 0 bridgehead atoms. The minimum Gasteiger partial charge on any atom is -0.383 e. The summed E-state index contributed by atoms with van der Waals surface area (Å²) in [4.78, 5) is 24.4. The molecule has 1 fully saturated rings. The number of carbonyl (C=O) groups is 1. The maximum Gasteiger partial charge on any atom is 0.261 e. The van der Waals surface area contributed by atoms with Crippen molar-refractivity contribution in [2.24, 2.45) is 0 Å². The first-order valence-electron chi connectivity index (χ1n) is 9.45. The number of likely N-dealkylation sites (tertiary alicyclic amines) is 1. The highest BCUT2D eigenvalue weighted by molar-refractivity contribution is 7.14. The number of piperidine rings is 1. The second kappa shape index (κ2) is 8.10. The van der Waals surface area contributed by atoms with E-state index in [1.807, 2.05) is 6.20 Å². The zero-order valence-corrected chi connectivity index (χ0v) is 16.4. The number of amides is 1. The van der Waals surface area contributed by atoms with Crippen molar-refractivity contribution in [1.82, 2.24) is 20.2 Å². The summed E-state index contributed by atoms with van der Waals surface area (Å²) in [5.41, 5.74) is 1.05. The van der Waals surface area contributed by atoms with Crippen LogP contribution in [0.1, 0.15) is 38.8 Å². The van der Waals surface area contributed by atoms with E-state index in [1.165, 1.54) is 10.4 Å². The van der Waals surface area contributed by atoms with Gasteiger partial charge < -0.3 is 19.8 Å². The van der Waals surface area contributed by atoms with E-state index in [-0.39, 0.29) is 11.5 Å². The number of imidazole rings is 1. The lowest BCUT2D eigenvalue weighted by molar-refractivity contribution is -0.0962. The van der Waals surface area contributed by atoms with Crippen LogP contribution in [0.2, 0.25) is 0 Å². The van der Waals surface area contributed by atoms with Crippen LogP contribution < -0.4 is 5.32 Å². The second-order valence-corrected chi connectivity index (χ2v) is 8.17. The number of thiophene rings is 1. The third-order valence-electron chi connectivity index (χ3n) is 5.38. The Hall–Kier alpha value is -1.74. The molecular weight excluding hydrogens is 364 g/mol. The lowest BCUT2D eigenvalue weighted by atomic mass is 9.85. The Morgan fingerprint density at radius 2 is 2.33 bits per heavy atom. The average molecular weight is 391 g/mol. The molecule has 4 rings (SSSR count). The SMILES string of the molecule is COCCNC(=O)c1cc2c(s1)C1(CCN(Cc3ncc[nH]3)CC1)OCC2. The third-order valence-corrected chi connectivity index (χ3v) is 6.74. The van der Waals surface area contributed by atoms with Crippen molar-refractivity contribution in [3.8, 4) is 0 Å². The number of rotatable bonds is 6. The molecular formula is C19H26N4O3S. The molecule has 0 aliphatic carbocycles. The quantitative estimate of drug-likeness (QED) is 0.737. The van der Waals surface area contributed by atoms with Gasteiger partial charge in [0.1, 0.15) is 11.4 Å². The number of hydrogen-bond acceptors (Lipinski definition) is 6. The minimum atomic E-state index is -0.233. The van der Waals surface area contributed by atoms with Crippen molar-refractivity contribution >= 4 is 17.2 Å². The molecule has 2 aromatic heterocycles. The van der Waals surface area contributed by atoms with Crippen molar-refractivity contribution < 1.29 is 14.3 Å². The molecule has 4 heterocycles. The fraction of sp³-hybridized carbons (Fsp3) is 0.579. The number of nitrogens with one attached hydrogen (secondary N) is 2. The molecule has 0 unspecified atom stereocenters. The lowest BCUT2D eigenvalue weighted by Gasteiger charge is -2.43. The van der Waals surface area contributed by atoms with Gasteiger partial charge >= 0.3 is 0 Å². The first-order valence-corrected chi connectivity index (χ1v) is 10.3. The molecule has 1 amide bonds. The van der Waals surface area contributed by atoms with Gasteiger partial charge in [0.15, 0.2) is 0 Å². The van der Waals surface area contributed by atoms with Gasteiger partial charge in [-0.25, -0.2) is 4.98 Å². The number of H-pyrrole nitrogens is 1. The van der Waals surface area contributed by atoms with Crippen LogP contribution in [0.25, 0.3) is 0 Å². The number of aromatic amines is 1. The Balaban J connectivity index is 1.44. The van der Waals surface area contributed by atoms with Crippen LogP contribution in [0.15, 0.2) is 18.5 Å². The van der Waals surface area contributed by atoms with E-state index >= 15 is 0 Å². The zero-order valence-electron chi connectivity index (χ0n) is 15.6. The molecule has 8 heteroatoms. The normalized spacial score (nSPS) is 19.1. The van der Waals surface area contributed by atoms with Crippen LogP contribution in [-0.4, -0.2) is 60.7 Å². The molecule has 2 aliphatic heterocycles. The highest BCUT2D eigenvalue weighted by Gasteiger charge is 2.42. The van der Waals surface area contributed by atoms with Crippen LogP contribution in [-0.2, 0) is 28.0 Å². The van der Waals surface area contributed by atoms with Crippen molar-refractivity contribution in [1.29, 1.82) is 0 Å². The number of ether oxygens (including phenoxy) is 2. The van der Waals surface area contributed by atoms with Crippen LogP contribution in [0.4, 0.5) is 0 Å². The van der Waals surface area contributed by atoms with E-state index in [0.717, 1.165) is 56.2 Å². The number of carbonyl (C=O) groups excluding carboxylic acids is 1. The lowest BCUT2D eigenvalue weighted by Crippen LogP contribution is -2.45. The van der Waals surface area contributed by atoms with E-state index in [9.17, 15) is 4.79 Å². The predicted molar refractivity (Wildman–Crippen MR) is 103 cm³/mol. The maximum absolute atomic E-state index is 12.4. The standard InChI is InChI=1S/C19H26N4O3S/c1-25-11-7-22-18(24)15-12-14-2-10-26-19(17(14)27-15)3-8-23(9-4-19)13-16-20-5-6-21-16/h5-6,12H,2-4,7-11,13H2,1H3,(H,20,21)(H,22,24). The fourth-order valence-electron chi connectivity index (χ4n) is 3.93. The smallest absolute Gasteiger partial charge is 0.261 e. The van der Waals surface area contributed by atoms with Gasteiger partial charge in [0.2, 0.25) is 0 Å². The molecule has 2 aromatic rings. The highest BCUT2D eigenvalue weighted by atomic mass is 32.1. The van der Waals surface area contributed by atoms with Gasteiger partial charge in [-0.3, -0.25) is 9.69 Å². The highest BCUT2D eigenvalue weighted by Crippen LogP contribution is 2.45. The summed E-state index contributed by atoms with van der Waals surface area (Å²) in [6.07, 6.45) is 6.44. The molecule has 0 saturated carbocycles. The van der Waals surface area contributed by atoms with E-state index < -0.39 is 0 Å². The number of hydrogen-bond donors (Lipinski definition) is 2. The number of methoxy groups -OCH3 is 1. The minimum absolute atomic E-state index is 0.0168. The molecule has 1 saturated heterocycles. The first-order chi connectivity index (χ1) is 13.2. The van der Waals surface area contributed by atoms with Gasteiger partial charge in [-0.15, -0.1) is 11.3 Å².